The largest absolute Gasteiger partial charge is 0.375 e. The Hall–Kier alpha value is -1.68. The number of morpholine rings is 1. The second kappa shape index (κ2) is 9.14. The first-order chi connectivity index (χ1) is 11.6. The number of hydrogen-bond acceptors (Lipinski definition) is 5. The third-order valence-electron chi connectivity index (χ3n) is 3.99. The van der Waals surface area contributed by atoms with Crippen LogP contribution in [0.3, 0.4) is 0 Å². The zero-order valence-corrected chi connectivity index (χ0v) is 16.8. The maximum atomic E-state index is 6.09. The molecular formula is C17H24IN5O2. The number of aromatic nitrogens is 2. The average molecular weight is 457 g/mol. The van der Waals surface area contributed by atoms with Gasteiger partial charge in [0.05, 0.1) is 25.2 Å². The molecule has 0 spiro atoms. The second-order valence-electron chi connectivity index (χ2n) is 6.05. The van der Waals surface area contributed by atoms with E-state index in [1.54, 1.807) is 0 Å². The molecule has 7 nitrogen and oxygen atoms in total. The van der Waals surface area contributed by atoms with Gasteiger partial charge in [-0.1, -0.05) is 42.4 Å². The zero-order valence-electron chi connectivity index (χ0n) is 14.5. The molecule has 3 rings (SSSR count). The summed E-state index contributed by atoms with van der Waals surface area (Å²) in [6, 6.07) is 9.76. The number of hydrogen-bond donors (Lipinski definition) is 1. The Kier molecular flexibility index (Phi) is 7.18. The summed E-state index contributed by atoms with van der Waals surface area (Å²) in [5.74, 6) is 1.71. The molecule has 1 saturated heterocycles. The summed E-state index contributed by atoms with van der Waals surface area (Å²) in [7, 11) is 0. The van der Waals surface area contributed by atoms with E-state index in [0.717, 1.165) is 18.7 Å². The molecule has 0 bridgehead atoms. The summed E-state index contributed by atoms with van der Waals surface area (Å²) in [6.45, 7) is 6.76. The number of halogens is 1. The van der Waals surface area contributed by atoms with Crippen molar-refractivity contribution in [2.24, 2.45) is 10.7 Å². The van der Waals surface area contributed by atoms with Crippen LogP contribution in [0.1, 0.15) is 25.7 Å². The highest BCUT2D eigenvalue weighted by molar-refractivity contribution is 14.0. The Morgan fingerprint density at radius 1 is 1.40 bits per heavy atom. The first kappa shape index (κ1) is 19.6. The van der Waals surface area contributed by atoms with E-state index in [1.165, 1.54) is 0 Å². The van der Waals surface area contributed by atoms with E-state index in [0.29, 0.717) is 30.8 Å². The Labute approximate surface area is 164 Å². The lowest BCUT2D eigenvalue weighted by atomic mass is 10.2. The maximum absolute atomic E-state index is 6.09. The highest BCUT2D eigenvalue weighted by Gasteiger charge is 2.19. The van der Waals surface area contributed by atoms with Gasteiger partial charge in [0.1, 0.15) is 0 Å². The minimum absolute atomic E-state index is 0. The van der Waals surface area contributed by atoms with Crippen LogP contribution in [0, 0.1) is 0 Å². The molecule has 0 aliphatic carbocycles. The summed E-state index contributed by atoms with van der Waals surface area (Å²) in [6.07, 6.45) is 0.175. The maximum Gasteiger partial charge on any atom is 0.231 e. The van der Waals surface area contributed by atoms with Crippen molar-refractivity contribution in [1.82, 2.24) is 15.0 Å². The molecule has 1 aliphatic heterocycles. The van der Waals surface area contributed by atoms with Crippen LogP contribution in [0.25, 0.3) is 11.4 Å². The molecule has 2 N–H and O–H groups in total. The second-order valence-corrected chi connectivity index (χ2v) is 6.05. The van der Waals surface area contributed by atoms with Crippen molar-refractivity contribution in [3.63, 3.8) is 0 Å². The Bertz CT molecular complexity index is 691. The number of nitrogens with two attached hydrogens (primary N) is 1. The highest BCUT2D eigenvalue weighted by atomic mass is 127. The van der Waals surface area contributed by atoms with Gasteiger partial charge in [-0.25, -0.2) is 0 Å². The fourth-order valence-corrected chi connectivity index (χ4v) is 2.57. The quantitative estimate of drug-likeness (QED) is 0.431. The smallest absolute Gasteiger partial charge is 0.231 e. The van der Waals surface area contributed by atoms with E-state index in [1.807, 2.05) is 49.1 Å². The molecule has 0 radical (unpaired) electrons. The molecule has 8 heteroatoms. The minimum Gasteiger partial charge on any atom is -0.375 e. The Balaban J connectivity index is 0.00000225. The van der Waals surface area contributed by atoms with Crippen molar-refractivity contribution < 1.29 is 9.26 Å². The predicted molar refractivity (Wildman–Crippen MR) is 107 cm³/mol. The molecular weight excluding hydrogens is 433 g/mol. The van der Waals surface area contributed by atoms with Crippen molar-refractivity contribution in [2.45, 2.75) is 25.9 Å². The molecule has 1 aliphatic rings. The lowest BCUT2D eigenvalue weighted by Crippen LogP contribution is -2.48. The predicted octanol–water partition coefficient (Wildman–Crippen LogP) is 2.49. The minimum atomic E-state index is 0. The molecule has 2 atom stereocenters. The number of rotatable bonds is 4. The zero-order chi connectivity index (χ0) is 16.9. The summed E-state index contributed by atoms with van der Waals surface area (Å²) in [5.41, 5.74) is 7.02. The van der Waals surface area contributed by atoms with Crippen molar-refractivity contribution in [1.29, 1.82) is 0 Å². The van der Waals surface area contributed by atoms with Crippen molar-refractivity contribution in [3.05, 3.63) is 36.2 Å². The standard InChI is InChI=1S/C17H23N5O2.HI/c1-12(10-19-17(18)22-8-9-23-13(2)11-22)16-20-15(21-24-16)14-6-4-3-5-7-14;/h3-7,12-13H,8-11H2,1-2H3,(H2,18,19);1H. The number of ether oxygens (including phenoxy) is 1. The molecule has 1 fully saturated rings. The van der Waals surface area contributed by atoms with Crippen LogP contribution in [-0.4, -0.2) is 53.3 Å². The van der Waals surface area contributed by atoms with Gasteiger partial charge in [0.15, 0.2) is 5.96 Å². The number of guanidine groups is 1. The first-order valence-electron chi connectivity index (χ1n) is 8.19. The van der Waals surface area contributed by atoms with Gasteiger partial charge in [-0.2, -0.15) is 4.98 Å². The SMILES string of the molecule is CC1CN(C(N)=NCC(C)c2nc(-c3ccccc3)no2)CCO1.I. The number of benzene rings is 1. The summed E-state index contributed by atoms with van der Waals surface area (Å²) < 4.78 is 10.9. The van der Waals surface area contributed by atoms with Gasteiger partial charge in [0.2, 0.25) is 11.7 Å². The van der Waals surface area contributed by atoms with Crippen LogP contribution in [-0.2, 0) is 4.74 Å². The van der Waals surface area contributed by atoms with Crippen molar-refractivity contribution >= 4 is 29.9 Å². The van der Waals surface area contributed by atoms with E-state index in [-0.39, 0.29) is 36.0 Å². The van der Waals surface area contributed by atoms with Crippen LogP contribution in [0.4, 0.5) is 0 Å². The molecule has 2 heterocycles. The number of aliphatic imine (C=N–C) groups is 1. The fourth-order valence-electron chi connectivity index (χ4n) is 2.57. The molecule has 25 heavy (non-hydrogen) atoms. The van der Waals surface area contributed by atoms with E-state index in [9.17, 15) is 0 Å². The lowest BCUT2D eigenvalue weighted by Gasteiger charge is -2.31. The van der Waals surface area contributed by atoms with E-state index in [4.69, 9.17) is 15.0 Å². The van der Waals surface area contributed by atoms with Gasteiger partial charge in [0.25, 0.3) is 0 Å². The molecule has 0 saturated carbocycles. The van der Waals surface area contributed by atoms with Gasteiger partial charge < -0.3 is 19.9 Å². The molecule has 2 unspecified atom stereocenters. The van der Waals surface area contributed by atoms with Gasteiger partial charge in [-0.15, -0.1) is 24.0 Å². The third kappa shape index (κ3) is 5.15. The van der Waals surface area contributed by atoms with Gasteiger partial charge in [-0.3, -0.25) is 4.99 Å². The average Bonchev–Trinajstić information content (AvgIpc) is 3.10. The fraction of sp³-hybridized carbons (Fsp3) is 0.471. The topological polar surface area (TPSA) is 89.8 Å². The van der Waals surface area contributed by atoms with Crippen LogP contribution in [0.2, 0.25) is 0 Å². The molecule has 2 aromatic rings. The van der Waals surface area contributed by atoms with Crippen LogP contribution in [0.5, 0.6) is 0 Å². The first-order valence-corrected chi connectivity index (χ1v) is 8.19. The monoisotopic (exact) mass is 457 g/mol. The van der Waals surface area contributed by atoms with E-state index >= 15 is 0 Å². The van der Waals surface area contributed by atoms with Crippen molar-refractivity contribution in [2.75, 3.05) is 26.2 Å². The summed E-state index contributed by atoms with van der Waals surface area (Å²) in [4.78, 5) is 11.0. The lowest BCUT2D eigenvalue weighted by molar-refractivity contribution is 0.00529. The summed E-state index contributed by atoms with van der Waals surface area (Å²) in [5, 5.41) is 4.04. The third-order valence-corrected chi connectivity index (χ3v) is 3.99. The van der Waals surface area contributed by atoms with Gasteiger partial charge in [0, 0.05) is 18.7 Å². The molecule has 136 valence electrons. The van der Waals surface area contributed by atoms with Gasteiger partial charge >= 0.3 is 0 Å². The number of nitrogens with zero attached hydrogens (tertiary/aromatic N) is 4. The normalized spacial score (nSPS) is 19.4. The van der Waals surface area contributed by atoms with Crippen molar-refractivity contribution in [3.8, 4) is 11.4 Å². The molecule has 0 amide bonds. The van der Waals surface area contributed by atoms with Crippen LogP contribution in [0.15, 0.2) is 39.8 Å². The summed E-state index contributed by atoms with van der Waals surface area (Å²) >= 11 is 0. The molecule has 1 aromatic carbocycles. The van der Waals surface area contributed by atoms with Crippen LogP contribution < -0.4 is 5.73 Å². The molecule has 1 aromatic heterocycles. The van der Waals surface area contributed by atoms with Gasteiger partial charge in [-0.05, 0) is 6.92 Å². The van der Waals surface area contributed by atoms with E-state index < -0.39 is 0 Å². The van der Waals surface area contributed by atoms with Crippen LogP contribution >= 0.6 is 24.0 Å². The van der Waals surface area contributed by atoms with E-state index in [2.05, 4.69) is 15.1 Å². The highest BCUT2D eigenvalue weighted by Crippen LogP contribution is 2.19. The Morgan fingerprint density at radius 2 is 2.16 bits per heavy atom. The Morgan fingerprint density at radius 3 is 2.88 bits per heavy atom.